The van der Waals surface area contributed by atoms with Crippen molar-refractivity contribution in [2.45, 2.75) is 18.9 Å². The molecule has 3 heteroatoms. The van der Waals surface area contributed by atoms with Crippen LogP contribution < -0.4 is 4.90 Å². The number of hydrogen-bond acceptors (Lipinski definition) is 2. The van der Waals surface area contributed by atoms with E-state index in [2.05, 4.69) is 36.2 Å². The number of benzene rings is 2. The van der Waals surface area contributed by atoms with Crippen LogP contribution in [-0.2, 0) is 4.79 Å². The topological polar surface area (TPSA) is 23.6 Å². The van der Waals surface area contributed by atoms with E-state index in [1.54, 1.807) is 6.08 Å². The van der Waals surface area contributed by atoms with E-state index < -0.39 is 0 Å². The highest BCUT2D eigenvalue weighted by molar-refractivity contribution is 5.91. The molecule has 1 saturated heterocycles. The van der Waals surface area contributed by atoms with E-state index in [0.717, 1.165) is 31.5 Å². The van der Waals surface area contributed by atoms with Gasteiger partial charge in [0.1, 0.15) is 0 Å². The van der Waals surface area contributed by atoms with Crippen LogP contribution in [0.3, 0.4) is 0 Å². The summed E-state index contributed by atoms with van der Waals surface area (Å²) in [5.74, 6) is 0.111. The lowest BCUT2D eigenvalue weighted by molar-refractivity contribution is -0.126. The van der Waals surface area contributed by atoms with Crippen molar-refractivity contribution in [1.29, 1.82) is 0 Å². The van der Waals surface area contributed by atoms with Crippen molar-refractivity contribution in [2.75, 3.05) is 25.0 Å². The van der Waals surface area contributed by atoms with E-state index in [9.17, 15) is 4.79 Å². The minimum Gasteiger partial charge on any atom is -0.371 e. The Labute approximate surface area is 144 Å². The zero-order valence-electron chi connectivity index (χ0n) is 14.1. The third-order valence-corrected chi connectivity index (χ3v) is 4.71. The number of carbonyl (C=O) groups excluding carboxylic acids is 1. The average Bonchev–Trinajstić information content (AvgIpc) is 2.67. The van der Waals surface area contributed by atoms with E-state index in [0.29, 0.717) is 6.04 Å². The predicted octanol–water partition coefficient (Wildman–Crippen LogP) is 3.83. The number of carbonyl (C=O) groups is 1. The van der Waals surface area contributed by atoms with Gasteiger partial charge in [-0.25, -0.2) is 0 Å². The van der Waals surface area contributed by atoms with E-state index >= 15 is 0 Å². The number of nitrogens with zero attached hydrogens (tertiary/aromatic N) is 2. The lowest BCUT2D eigenvalue weighted by atomic mass is 10.0. The number of piperidine rings is 1. The van der Waals surface area contributed by atoms with Gasteiger partial charge in [-0.15, -0.1) is 0 Å². The standard InChI is InChI=1S/C21H24N2O/c1-22(19-10-6-3-7-11-19)20-14-16-23(17-15-20)21(24)13-12-18-8-4-2-5-9-18/h2-13,20H,14-17H2,1H3/b13-12+. The van der Waals surface area contributed by atoms with Crippen LogP contribution in [-0.4, -0.2) is 37.0 Å². The first kappa shape index (κ1) is 16.3. The zero-order valence-corrected chi connectivity index (χ0v) is 14.1. The number of hydrogen-bond donors (Lipinski definition) is 0. The van der Waals surface area contributed by atoms with Crippen molar-refractivity contribution >= 4 is 17.7 Å². The summed E-state index contributed by atoms with van der Waals surface area (Å²) in [5, 5.41) is 0. The first-order valence-corrected chi connectivity index (χ1v) is 8.54. The second-order valence-electron chi connectivity index (χ2n) is 6.25. The van der Waals surface area contributed by atoms with E-state index in [1.165, 1.54) is 5.69 Å². The van der Waals surface area contributed by atoms with Crippen LogP contribution in [0.5, 0.6) is 0 Å². The smallest absolute Gasteiger partial charge is 0.246 e. The lowest BCUT2D eigenvalue weighted by Crippen LogP contribution is -2.45. The SMILES string of the molecule is CN(c1ccccc1)C1CCN(C(=O)/C=C/c2ccccc2)CC1. The molecule has 0 unspecified atom stereocenters. The highest BCUT2D eigenvalue weighted by atomic mass is 16.2. The summed E-state index contributed by atoms with van der Waals surface area (Å²) >= 11 is 0. The molecule has 1 fully saturated rings. The molecule has 0 aliphatic carbocycles. The Bertz CT molecular complexity index is 673. The number of para-hydroxylation sites is 1. The number of amides is 1. The fourth-order valence-electron chi connectivity index (χ4n) is 3.18. The maximum Gasteiger partial charge on any atom is 0.246 e. The fourth-order valence-corrected chi connectivity index (χ4v) is 3.18. The van der Waals surface area contributed by atoms with Crippen molar-refractivity contribution in [3.63, 3.8) is 0 Å². The monoisotopic (exact) mass is 320 g/mol. The van der Waals surface area contributed by atoms with Gasteiger partial charge in [-0.2, -0.15) is 0 Å². The van der Waals surface area contributed by atoms with Gasteiger partial charge in [0.25, 0.3) is 0 Å². The van der Waals surface area contributed by atoms with Crippen LogP contribution in [0.25, 0.3) is 6.08 Å². The largest absolute Gasteiger partial charge is 0.371 e. The summed E-state index contributed by atoms with van der Waals surface area (Å²) in [7, 11) is 2.15. The Morgan fingerprint density at radius 1 is 1.00 bits per heavy atom. The Morgan fingerprint density at radius 3 is 2.21 bits per heavy atom. The van der Waals surface area contributed by atoms with Gasteiger partial charge in [0.05, 0.1) is 0 Å². The van der Waals surface area contributed by atoms with Gasteiger partial charge in [0.15, 0.2) is 0 Å². The summed E-state index contributed by atoms with van der Waals surface area (Å²) in [6.07, 6.45) is 5.60. The molecule has 124 valence electrons. The molecule has 1 aliphatic rings. The zero-order chi connectivity index (χ0) is 16.8. The predicted molar refractivity (Wildman–Crippen MR) is 99.9 cm³/mol. The van der Waals surface area contributed by atoms with Gasteiger partial charge in [0.2, 0.25) is 5.91 Å². The van der Waals surface area contributed by atoms with Gasteiger partial charge in [-0.3, -0.25) is 4.79 Å². The second kappa shape index (κ2) is 7.82. The summed E-state index contributed by atoms with van der Waals surface area (Å²) in [4.78, 5) is 16.6. The maximum atomic E-state index is 12.3. The maximum absolute atomic E-state index is 12.3. The van der Waals surface area contributed by atoms with E-state index in [-0.39, 0.29) is 5.91 Å². The first-order valence-electron chi connectivity index (χ1n) is 8.54. The van der Waals surface area contributed by atoms with Gasteiger partial charge in [-0.05, 0) is 36.6 Å². The molecule has 0 spiro atoms. The van der Waals surface area contributed by atoms with Crippen molar-refractivity contribution in [3.05, 3.63) is 72.3 Å². The van der Waals surface area contributed by atoms with Crippen LogP contribution in [0.2, 0.25) is 0 Å². The van der Waals surface area contributed by atoms with Crippen LogP contribution in [0.15, 0.2) is 66.7 Å². The van der Waals surface area contributed by atoms with Crippen molar-refractivity contribution < 1.29 is 4.79 Å². The van der Waals surface area contributed by atoms with Crippen LogP contribution >= 0.6 is 0 Å². The van der Waals surface area contributed by atoms with Crippen LogP contribution in [0, 0.1) is 0 Å². The minimum absolute atomic E-state index is 0.111. The molecule has 1 aliphatic heterocycles. The molecule has 0 atom stereocenters. The van der Waals surface area contributed by atoms with E-state index in [1.807, 2.05) is 47.4 Å². The summed E-state index contributed by atoms with van der Waals surface area (Å²) in [5.41, 5.74) is 2.30. The number of rotatable bonds is 4. The molecule has 1 amide bonds. The molecular weight excluding hydrogens is 296 g/mol. The molecule has 0 aromatic heterocycles. The normalized spacial score (nSPS) is 15.6. The Morgan fingerprint density at radius 2 is 1.58 bits per heavy atom. The highest BCUT2D eigenvalue weighted by Gasteiger charge is 2.24. The quantitative estimate of drug-likeness (QED) is 0.799. The Kier molecular flexibility index (Phi) is 5.32. The molecule has 0 N–H and O–H groups in total. The second-order valence-corrected chi connectivity index (χ2v) is 6.25. The Hall–Kier alpha value is -2.55. The molecule has 0 bridgehead atoms. The molecule has 2 aromatic carbocycles. The third kappa shape index (κ3) is 4.05. The minimum atomic E-state index is 0.111. The van der Waals surface area contributed by atoms with Crippen LogP contribution in [0.4, 0.5) is 5.69 Å². The summed E-state index contributed by atoms with van der Waals surface area (Å²) < 4.78 is 0. The molecule has 1 heterocycles. The van der Waals surface area contributed by atoms with Crippen LogP contribution in [0.1, 0.15) is 18.4 Å². The highest BCUT2D eigenvalue weighted by Crippen LogP contribution is 2.22. The van der Waals surface area contributed by atoms with Crippen molar-refractivity contribution in [3.8, 4) is 0 Å². The number of anilines is 1. The molecule has 3 rings (SSSR count). The Balaban J connectivity index is 1.53. The molecule has 3 nitrogen and oxygen atoms in total. The third-order valence-electron chi connectivity index (χ3n) is 4.71. The summed E-state index contributed by atoms with van der Waals surface area (Å²) in [6.45, 7) is 1.64. The summed E-state index contributed by atoms with van der Waals surface area (Å²) in [6, 6.07) is 20.9. The fraction of sp³-hybridized carbons (Fsp3) is 0.286. The molecule has 2 aromatic rings. The van der Waals surface area contributed by atoms with Gasteiger partial charge in [-0.1, -0.05) is 48.5 Å². The molecular formula is C21H24N2O. The van der Waals surface area contributed by atoms with Gasteiger partial charge in [0, 0.05) is 37.9 Å². The van der Waals surface area contributed by atoms with Crippen molar-refractivity contribution in [2.24, 2.45) is 0 Å². The molecule has 0 radical (unpaired) electrons. The molecule has 24 heavy (non-hydrogen) atoms. The average molecular weight is 320 g/mol. The molecule has 0 saturated carbocycles. The van der Waals surface area contributed by atoms with Gasteiger partial charge >= 0.3 is 0 Å². The lowest BCUT2D eigenvalue weighted by Gasteiger charge is -2.37. The van der Waals surface area contributed by atoms with Crippen molar-refractivity contribution in [1.82, 2.24) is 4.90 Å². The number of likely N-dealkylation sites (tertiary alicyclic amines) is 1. The van der Waals surface area contributed by atoms with Gasteiger partial charge < -0.3 is 9.80 Å². The first-order chi connectivity index (χ1) is 11.7. The van der Waals surface area contributed by atoms with E-state index in [4.69, 9.17) is 0 Å².